The number of aryl methyl sites for hydroxylation is 2. The molecule has 1 aliphatic rings. The minimum atomic E-state index is -0.740. The van der Waals surface area contributed by atoms with E-state index in [4.69, 9.17) is 10.3 Å². The predicted octanol–water partition coefficient (Wildman–Crippen LogP) is 2.16. The van der Waals surface area contributed by atoms with Gasteiger partial charge in [-0.2, -0.15) is 0 Å². The summed E-state index contributed by atoms with van der Waals surface area (Å²) in [6.45, 7) is 0. The summed E-state index contributed by atoms with van der Waals surface area (Å²) in [6.07, 6.45) is 3.01. The number of nitrogens with zero attached hydrogens (tertiary/aromatic N) is 2. The van der Waals surface area contributed by atoms with Crippen LogP contribution < -0.4 is 16.0 Å². The number of carbonyl (C=O) groups is 1. The summed E-state index contributed by atoms with van der Waals surface area (Å²) in [4.78, 5) is 31.1. The Morgan fingerprint density at radius 3 is 2.89 bits per heavy atom. The lowest BCUT2D eigenvalue weighted by atomic mass is 10.1. The van der Waals surface area contributed by atoms with Crippen LogP contribution >= 0.6 is 11.3 Å². The SMILES string of the molecule is Nc1c(C(=O)c2c(=O)o[nH][n+]2-c2ccccc2)sc2nc3c(cc12)CCC3. The molecule has 1 aromatic carbocycles. The molecule has 7 nitrogen and oxygen atoms in total. The molecule has 5 rings (SSSR count). The topological polar surface area (TPSA) is 106 Å². The number of rotatable bonds is 3. The fourth-order valence-electron chi connectivity index (χ4n) is 3.50. The number of aromatic nitrogens is 3. The highest BCUT2D eigenvalue weighted by Crippen LogP contribution is 2.36. The number of H-pyrrole nitrogens is 1. The van der Waals surface area contributed by atoms with Crippen molar-refractivity contribution < 1.29 is 14.0 Å². The van der Waals surface area contributed by atoms with E-state index in [1.165, 1.54) is 21.6 Å². The number of ketones is 1. The standard InChI is InChI=1S/C19H14N4O3S/c20-14-12-9-10-5-4-8-13(10)21-18(12)27-17(14)16(24)15-19(25)26-22-23(15)11-6-2-1-3-7-11/h1-3,6-7,9H,4-5,8H2,(H2-,20,22,24,25)/p+1. The van der Waals surface area contributed by atoms with Crippen molar-refractivity contribution in [3.8, 4) is 5.69 Å². The van der Waals surface area contributed by atoms with Crippen LogP contribution in [0, 0.1) is 0 Å². The van der Waals surface area contributed by atoms with Gasteiger partial charge in [-0.25, -0.2) is 9.78 Å². The number of nitrogen functional groups attached to an aromatic ring is 1. The average Bonchev–Trinajstić information content (AvgIpc) is 3.38. The molecule has 3 aromatic heterocycles. The zero-order chi connectivity index (χ0) is 18.5. The number of pyridine rings is 1. The largest absolute Gasteiger partial charge is 0.439 e. The van der Waals surface area contributed by atoms with E-state index < -0.39 is 11.4 Å². The Bertz CT molecular complexity index is 1250. The smallest absolute Gasteiger partial charge is 0.397 e. The van der Waals surface area contributed by atoms with Crippen LogP contribution in [0.1, 0.15) is 33.0 Å². The number of hydrogen-bond acceptors (Lipinski definition) is 6. The first-order valence-corrected chi connectivity index (χ1v) is 9.39. The summed E-state index contributed by atoms with van der Waals surface area (Å²) < 4.78 is 6.22. The zero-order valence-corrected chi connectivity index (χ0v) is 15.0. The van der Waals surface area contributed by atoms with Crippen LogP contribution in [-0.2, 0) is 12.8 Å². The van der Waals surface area contributed by atoms with Crippen LogP contribution in [-0.4, -0.2) is 16.0 Å². The van der Waals surface area contributed by atoms with Gasteiger partial charge in [0, 0.05) is 23.2 Å². The lowest BCUT2D eigenvalue weighted by Crippen LogP contribution is -2.41. The van der Waals surface area contributed by atoms with Gasteiger partial charge in [-0.15, -0.1) is 11.3 Å². The van der Waals surface area contributed by atoms with Crippen molar-refractivity contribution in [1.29, 1.82) is 0 Å². The Morgan fingerprint density at radius 2 is 2.07 bits per heavy atom. The van der Waals surface area contributed by atoms with Gasteiger partial charge in [0.2, 0.25) is 5.69 Å². The quantitative estimate of drug-likeness (QED) is 0.419. The summed E-state index contributed by atoms with van der Waals surface area (Å²) in [5.41, 5.74) is 8.65. The molecular weight excluding hydrogens is 364 g/mol. The highest BCUT2D eigenvalue weighted by molar-refractivity contribution is 7.21. The van der Waals surface area contributed by atoms with E-state index in [0.717, 1.165) is 35.2 Å². The molecule has 8 heteroatoms. The second-order valence-corrected chi connectivity index (χ2v) is 7.47. The van der Waals surface area contributed by atoms with E-state index in [1.54, 1.807) is 24.3 Å². The van der Waals surface area contributed by atoms with Crippen molar-refractivity contribution in [2.75, 3.05) is 5.73 Å². The number of nitrogens with one attached hydrogen (secondary N) is 1. The lowest BCUT2D eigenvalue weighted by Gasteiger charge is -1.98. The summed E-state index contributed by atoms with van der Waals surface area (Å²) >= 11 is 1.22. The van der Waals surface area contributed by atoms with Crippen LogP contribution in [0.4, 0.5) is 5.69 Å². The molecule has 3 heterocycles. The molecule has 0 aliphatic heterocycles. The van der Waals surface area contributed by atoms with Crippen molar-refractivity contribution in [3.63, 3.8) is 0 Å². The van der Waals surface area contributed by atoms with E-state index in [1.807, 2.05) is 12.1 Å². The molecule has 0 spiro atoms. The molecule has 0 unspecified atom stereocenters. The first-order valence-electron chi connectivity index (χ1n) is 8.58. The molecule has 0 amide bonds. The highest BCUT2D eigenvalue weighted by atomic mass is 32.1. The van der Waals surface area contributed by atoms with E-state index >= 15 is 0 Å². The normalized spacial score (nSPS) is 13.2. The number of anilines is 1. The molecule has 0 bridgehead atoms. The second-order valence-electron chi connectivity index (χ2n) is 6.47. The van der Waals surface area contributed by atoms with Gasteiger partial charge in [0.05, 0.1) is 5.69 Å². The van der Waals surface area contributed by atoms with Crippen molar-refractivity contribution >= 4 is 33.0 Å². The number of carbonyl (C=O) groups excluding carboxylic acids is 1. The molecule has 3 N–H and O–H groups in total. The Hall–Kier alpha value is -3.26. The van der Waals surface area contributed by atoms with Gasteiger partial charge in [-0.05, 0) is 40.8 Å². The number of aromatic amines is 1. The van der Waals surface area contributed by atoms with Crippen molar-refractivity contribution in [2.45, 2.75) is 19.3 Å². The van der Waals surface area contributed by atoms with Gasteiger partial charge in [-0.3, -0.25) is 9.32 Å². The maximum absolute atomic E-state index is 13.2. The van der Waals surface area contributed by atoms with Crippen LogP contribution in [0.25, 0.3) is 15.9 Å². The monoisotopic (exact) mass is 379 g/mol. The fourth-order valence-corrected chi connectivity index (χ4v) is 4.54. The minimum Gasteiger partial charge on any atom is -0.397 e. The second kappa shape index (κ2) is 5.88. The van der Waals surface area contributed by atoms with Crippen molar-refractivity contribution in [1.82, 2.24) is 10.3 Å². The third-order valence-corrected chi connectivity index (χ3v) is 5.95. The van der Waals surface area contributed by atoms with E-state index in [2.05, 4.69) is 10.3 Å². The number of para-hydroxylation sites is 1. The number of nitrogens with two attached hydrogens (primary N) is 1. The molecule has 0 saturated carbocycles. The number of hydrogen-bond donors (Lipinski definition) is 2. The molecule has 27 heavy (non-hydrogen) atoms. The first-order chi connectivity index (χ1) is 13.1. The summed E-state index contributed by atoms with van der Waals surface area (Å²) in [5, 5.41) is 3.26. The first kappa shape index (κ1) is 16.0. The van der Waals surface area contributed by atoms with Gasteiger partial charge in [0.15, 0.2) is 0 Å². The van der Waals surface area contributed by atoms with Crippen LogP contribution in [0.5, 0.6) is 0 Å². The molecule has 134 valence electrons. The third-order valence-electron chi connectivity index (χ3n) is 4.83. The minimum absolute atomic E-state index is 0.119. The van der Waals surface area contributed by atoms with E-state index in [-0.39, 0.29) is 5.69 Å². The van der Waals surface area contributed by atoms with Gasteiger partial charge in [0.1, 0.15) is 9.71 Å². The van der Waals surface area contributed by atoms with Gasteiger partial charge >= 0.3 is 11.3 Å². The Morgan fingerprint density at radius 1 is 1.26 bits per heavy atom. The van der Waals surface area contributed by atoms with Crippen LogP contribution in [0.2, 0.25) is 0 Å². The Kier molecular flexibility index (Phi) is 3.48. The lowest BCUT2D eigenvalue weighted by molar-refractivity contribution is -0.672. The Balaban J connectivity index is 1.67. The van der Waals surface area contributed by atoms with Gasteiger partial charge in [0.25, 0.3) is 5.78 Å². The molecular formula is C19H15N4O3S+. The fraction of sp³-hybridized carbons (Fsp3) is 0.158. The van der Waals surface area contributed by atoms with E-state index in [0.29, 0.717) is 16.3 Å². The maximum Gasteiger partial charge on any atom is 0.439 e. The molecule has 0 atom stereocenters. The third kappa shape index (κ3) is 2.41. The van der Waals surface area contributed by atoms with Gasteiger partial charge < -0.3 is 5.73 Å². The molecule has 0 saturated heterocycles. The summed E-state index contributed by atoms with van der Waals surface area (Å²) in [7, 11) is 0. The number of thiophene rings is 1. The molecule has 0 radical (unpaired) electrons. The van der Waals surface area contributed by atoms with Gasteiger partial charge in [-0.1, -0.05) is 18.2 Å². The van der Waals surface area contributed by atoms with Crippen molar-refractivity contribution in [2.24, 2.45) is 0 Å². The molecule has 4 aromatic rings. The van der Waals surface area contributed by atoms with E-state index in [9.17, 15) is 9.59 Å². The molecule has 0 fully saturated rings. The number of fused-ring (bicyclic) bond motifs is 2. The predicted molar refractivity (Wildman–Crippen MR) is 100 cm³/mol. The average molecular weight is 379 g/mol. The number of benzene rings is 1. The summed E-state index contributed by atoms with van der Waals surface area (Å²) in [6, 6.07) is 11.0. The maximum atomic E-state index is 13.2. The summed E-state index contributed by atoms with van der Waals surface area (Å²) in [5.74, 6) is -0.477. The zero-order valence-electron chi connectivity index (χ0n) is 14.2. The van der Waals surface area contributed by atoms with Crippen LogP contribution in [0.3, 0.4) is 0 Å². The molecule has 1 aliphatic carbocycles. The highest BCUT2D eigenvalue weighted by Gasteiger charge is 2.34. The Labute approximate surface area is 157 Å². The van der Waals surface area contributed by atoms with Crippen molar-refractivity contribution in [3.05, 3.63) is 68.6 Å². The van der Waals surface area contributed by atoms with Crippen LogP contribution in [0.15, 0.2) is 45.7 Å².